The molecule has 2 rings (SSSR count). The summed E-state index contributed by atoms with van der Waals surface area (Å²) in [6.45, 7) is 6.26. The fourth-order valence-electron chi connectivity index (χ4n) is 2.49. The molecule has 0 fully saturated rings. The summed E-state index contributed by atoms with van der Waals surface area (Å²) in [5, 5.41) is 7.77. The van der Waals surface area contributed by atoms with Crippen LogP contribution < -0.4 is 10.6 Å². The minimum Gasteiger partial charge on any atom is -0.461 e. The van der Waals surface area contributed by atoms with Crippen LogP contribution in [-0.4, -0.2) is 35.9 Å². The summed E-state index contributed by atoms with van der Waals surface area (Å²) < 4.78 is 4.88. The van der Waals surface area contributed by atoms with Gasteiger partial charge in [0.1, 0.15) is 6.42 Å². The van der Waals surface area contributed by atoms with E-state index in [1.54, 1.807) is 12.3 Å². The molecule has 0 aliphatic carbocycles. The number of nitrogens with one attached hydrogen (secondary N) is 2. The number of carbonyl (C=O) groups excluding carboxylic acids is 3. The van der Waals surface area contributed by atoms with Crippen LogP contribution >= 0.6 is 11.3 Å². The number of amides is 2. The Morgan fingerprint density at radius 3 is 2.48 bits per heavy atom. The molecule has 2 N–H and O–H groups in total. The lowest BCUT2D eigenvalue weighted by molar-refractivity contribution is -0.126. The summed E-state index contributed by atoms with van der Waals surface area (Å²) >= 11 is 1.33. The van der Waals surface area contributed by atoms with Gasteiger partial charge in [0, 0.05) is 24.0 Å². The number of hydrogen-bond acceptors (Lipinski definition) is 6. The van der Waals surface area contributed by atoms with E-state index in [1.165, 1.54) is 11.3 Å². The zero-order valence-electron chi connectivity index (χ0n) is 15.6. The minimum absolute atomic E-state index is 0.251. The van der Waals surface area contributed by atoms with Gasteiger partial charge in [0.05, 0.1) is 11.6 Å². The first-order valence-electron chi connectivity index (χ1n) is 8.63. The number of benzene rings is 1. The molecule has 1 aromatic heterocycles. The predicted molar refractivity (Wildman–Crippen MR) is 104 cm³/mol. The summed E-state index contributed by atoms with van der Waals surface area (Å²) in [4.78, 5) is 39.6. The van der Waals surface area contributed by atoms with E-state index in [4.69, 9.17) is 4.74 Å². The number of ether oxygens (including phenoxy) is 1. The van der Waals surface area contributed by atoms with Gasteiger partial charge in [-0.25, -0.2) is 9.78 Å². The lowest BCUT2D eigenvalue weighted by atomic mass is 10.1. The quantitative estimate of drug-likeness (QED) is 0.534. The number of nitrogens with zero attached hydrogens (tertiary/aromatic N) is 1. The van der Waals surface area contributed by atoms with E-state index in [0.29, 0.717) is 25.3 Å². The highest BCUT2D eigenvalue weighted by atomic mass is 32.1. The van der Waals surface area contributed by atoms with Crippen LogP contribution in [0, 0.1) is 13.8 Å². The summed E-state index contributed by atoms with van der Waals surface area (Å²) in [6.07, 6.45) is 0.230. The second-order valence-corrected chi connectivity index (χ2v) is 6.99. The fraction of sp³-hybridized carbons (Fsp3) is 0.368. The van der Waals surface area contributed by atoms with E-state index in [1.807, 2.05) is 32.0 Å². The van der Waals surface area contributed by atoms with Gasteiger partial charge in [0.2, 0.25) is 11.8 Å². The molecule has 7 nitrogen and oxygen atoms in total. The third-order valence-corrected chi connectivity index (χ3v) is 4.43. The van der Waals surface area contributed by atoms with Crippen LogP contribution in [0.2, 0.25) is 0 Å². The topological polar surface area (TPSA) is 97.4 Å². The molecule has 2 aromatic rings. The van der Waals surface area contributed by atoms with Gasteiger partial charge in [-0.3, -0.25) is 9.59 Å². The number of anilines is 1. The lowest BCUT2D eigenvalue weighted by Crippen LogP contribution is -2.29. The van der Waals surface area contributed by atoms with Crippen LogP contribution in [0.5, 0.6) is 0 Å². The van der Waals surface area contributed by atoms with E-state index in [9.17, 15) is 14.4 Å². The Kier molecular flexibility index (Phi) is 7.48. The van der Waals surface area contributed by atoms with Gasteiger partial charge in [-0.1, -0.05) is 6.07 Å². The smallest absolute Gasteiger partial charge is 0.357 e. The average molecular weight is 389 g/mol. The van der Waals surface area contributed by atoms with E-state index < -0.39 is 5.97 Å². The third-order valence-electron chi connectivity index (χ3n) is 3.52. The van der Waals surface area contributed by atoms with E-state index >= 15 is 0 Å². The molecule has 0 atom stereocenters. The van der Waals surface area contributed by atoms with Crippen molar-refractivity contribution < 1.29 is 19.1 Å². The van der Waals surface area contributed by atoms with Gasteiger partial charge in [-0.2, -0.15) is 0 Å². The minimum atomic E-state index is -0.452. The van der Waals surface area contributed by atoms with Crippen molar-refractivity contribution in [2.75, 3.05) is 18.5 Å². The summed E-state index contributed by atoms with van der Waals surface area (Å²) in [5.41, 5.74) is 3.04. The zero-order valence-corrected chi connectivity index (χ0v) is 16.4. The van der Waals surface area contributed by atoms with Crippen LogP contribution in [0.1, 0.15) is 40.0 Å². The molecular formula is C19H23N3O4S. The third kappa shape index (κ3) is 6.82. The van der Waals surface area contributed by atoms with Gasteiger partial charge in [-0.15, -0.1) is 11.3 Å². The Morgan fingerprint density at radius 1 is 1.11 bits per heavy atom. The van der Waals surface area contributed by atoms with Crippen LogP contribution in [0.3, 0.4) is 0 Å². The van der Waals surface area contributed by atoms with Crippen LogP contribution in [0.4, 0.5) is 5.69 Å². The van der Waals surface area contributed by atoms with Gasteiger partial charge in [0.25, 0.3) is 0 Å². The Balaban J connectivity index is 1.74. The van der Waals surface area contributed by atoms with Crippen molar-refractivity contribution in [2.45, 2.75) is 33.6 Å². The molecule has 0 spiro atoms. The first-order valence-corrected chi connectivity index (χ1v) is 9.51. The van der Waals surface area contributed by atoms with Crippen LogP contribution in [0.15, 0.2) is 23.6 Å². The van der Waals surface area contributed by atoms with Gasteiger partial charge in [0.15, 0.2) is 5.69 Å². The second kappa shape index (κ2) is 9.82. The number of esters is 1. The standard InChI is InChI=1S/C19H23N3O4S/c1-4-26-19(25)15-11-27-18(22-15)5-6-20-16(23)10-17(24)21-14-8-12(2)7-13(3)9-14/h7-9,11H,4-6,10H2,1-3H3,(H,20,23)(H,21,24). The normalized spacial score (nSPS) is 10.3. The zero-order chi connectivity index (χ0) is 19.8. The van der Waals surface area contributed by atoms with E-state index in [2.05, 4.69) is 15.6 Å². The SMILES string of the molecule is CCOC(=O)c1csc(CCNC(=O)CC(=O)Nc2cc(C)cc(C)c2)n1. The largest absolute Gasteiger partial charge is 0.461 e. The van der Waals surface area contributed by atoms with Crippen molar-refractivity contribution in [1.82, 2.24) is 10.3 Å². The molecule has 0 aliphatic rings. The second-order valence-electron chi connectivity index (χ2n) is 6.05. The summed E-state index contributed by atoms with van der Waals surface area (Å²) in [6, 6.07) is 5.72. The molecule has 0 saturated heterocycles. The van der Waals surface area contributed by atoms with Crippen molar-refractivity contribution in [3.63, 3.8) is 0 Å². The predicted octanol–water partition coefficient (Wildman–Crippen LogP) is 2.62. The number of carbonyl (C=O) groups is 3. The molecule has 144 valence electrons. The first kappa shape index (κ1) is 20.6. The monoisotopic (exact) mass is 389 g/mol. The summed E-state index contributed by atoms with van der Waals surface area (Å²) in [7, 11) is 0. The van der Waals surface area contributed by atoms with Gasteiger partial charge >= 0.3 is 5.97 Å². The summed E-state index contributed by atoms with van der Waals surface area (Å²) in [5.74, 6) is -1.18. The molecule has 8 heteroatoms. The fourth-order valence-corrected chi connectivity index (χ4v) is 3.26. The molecule has 0 saturated carbocycles. The molecule has 0 bridgehead atoms. The molecule has 0 aliphatic heterocycles. The number of hydrogen-bond donors (Lipinski definition) is 2. The Bertz CT molecular complexity index is 812. The maximum atomic E-state index is 12.0. The molecule has 27 heavy (non-hydrogen) atoms. The number of rotatable bonds is 8. The van der Waals surface area contributed by atoms with Crippen molar-refractivity contribution in [1.29, 1.82) is 0 Å². The van der Waals surface area contributed by atoms with Crippen LogP contribution in [0.25, 0.3) is 0 Å². The average Bonchev–Trinajstić information content (AvgIpc) is 3.02. The lowest BCUT2D eigenvalue weighted by Gasteiger charge is -2.08. The van der Waals surface area contributed by atoms with Crippen molar-refractivity contribution in [3.8, 4) is 0 Å². The molecule has 1 heterocycles. The molecular weight excluding hydrogens is 366 g/mol. The highest BCUT2D eigenvalue weighted by Gasteiger charge is 2.13. The molecule has 0 radical (unpaired) electrons. The van der Waals surface area contributed by atoms with Crippen molar-refractivity contribution >= 4 is 34.8 Å². The Labute approximate surface area is 162 Å². The van der Waals surface area contributed by atoms with Crippen LogP contribution in [-0.2, 0) is 20.7 Å². The van der Waals surface area contributed by atoms with E-state index in [-0.39, 0.29) is 23.9 Å². The Morgan fingerprint density at radius 2 is 1.81 bits per heavy atom. The van der Waals surface area contributed by atoms with Gasteiger partial charge < -0.3 is 15.4 Å². The van der Waals surface area contributed by atoms with E-state index in [0.717, 1.165) is 16.1 Å². The molecule has 1 aromatic carbocycles. The maximum absolute atomic E-state index is 12.0. The maximum Gasteiger partial charge on any atom is 0.357 e. The first-order chi connectivity index (χ1) is 12.9. The number of aromatic nitrogens is 1. The number of aryl methyl sites for hydroxylation is 2. The highest BCUT2D eigenvalue weighted by molar-refractivity contribution is 7.09. The highest BCUT2D eigenvalue weighted by Crippen LogP contribution is 2.14. The molecule has 0 unspecified atom stereocenters. The van der Waals surface area contributed by atoms with Crippen molar-refractivity contribution in [2.24, 2.45) is 0 Å². The van der Waals surface area contributed by atoms with Gasteiger partial charge in [-0.05, 0) is 44.0 Å². The Hall–Kier alpha value is -2.74. The molecule has 2 amide bonds. The number of thiazole rings is 1. The van der Waals surface area contributed by atoms with Crippen molar-refractivity contribution in [3.05, 3.63) is 45.4 Å².